The number of benzene rings is 1. The Hall–Kier alpha value is -3.48. The Labute approximate surface area is 143 Å². The molecule has 0 fully saturated rings. The van der Waals surface area contributed by atoms with E-state index in [9.17, 15) is 4.79 Å². The van der Waals surface area contributed by atoms with E-state index in [1.165, 1.54) is 6.08 Å². The van der Waals surface area contributed by atoms with E-state index in [-0.39, 0.29) is 12.5 Å². The van der Waals surface area contributed by atoms with Crippen LogP contribution in [0.4, 0.5) is 0 Å². The highest BCUT2D eigenvalue weighted by molar-refractivity contribution is 5.87. The van der Waals surface area contributed by atoms with Gasteiger partial charge in [0.2, 0.25) is 5.82 Å². The van der Waals surface area contributed by atoms with Crippen LogP contribution in [0.2, 0.25) is 0 Å². The minimum Gasteiger partial charge on any atom is -0.497 e. The molecule has 0 bridgehead atoms. The molecule has 0 aliphatic rings. The van der Waals surface area contributed by atoms with Crippen LogP contribution in [0.5, 0.6) is 5.75 Å². The van der Waals surface area contributed by atoms with Crippen molar-refractivity contribution >= 4 is 12.0 Å². The van der Waals surface area contributed by atoms with E-state index in [2.05, 4.69) is 15.1 Å². The number of carbonyl (C=O) groups is 1. The maximum atomic E-state index is 11.8. The number of carbonyl (C=O) groups excluding carboxylic acids is 1. The number of esters is 1. The van der Waals surface area contributed by atoms with Crippen molar-refractivity contribution in [3.8, 4) is 17.1 Å². The summed E-state index contributed by atoms with van der Waals surface area (Å²) >= 11 is 0. The summed E-state index contributed by atoms with van der Waals surface area (Å²) in [5, 5.41) is 3.83. The van der Waals surface area contributed by atoms with Crippen LogP contribution in [-0.2, 0) is 16.1 Å². The van der Waals surface area contributed by atoms with Crippen molar-refractivity contribution in [2.24, 2.45) is 0 Å². The summed E-state index contributed by atoms with van der Waals surface area (Å²) in [4.78, 5) is 19.9. The lowest BCUT2D eigenvalue weighted by Gasteiger charge is -2.00. The van der Waals surface area contributed by atoms with Gasteiger partial charge in [0.05, 0.1) is 7.11 Å². The van der Waals surface area contributed by atoms with Gasteiger partial charge in [-0.15, -0.1) is 0 Å². The van der Waals surface area contributed by atoms with Crippen LogP contribution < -0.4 is 4.74 Å². The highest BCUT2D eigenvalue weighted by Gasteiger charge is 2.10. The molecule has 0 saturated carbocycles. The van der Waals surface area contributed by atoms with E-state index in [0.717, 1.165) is 11.1 Å². The van der Waals surface area contributed by atoms with Crippen molar-refractivity contribution in [1.29, 1.82) is 0 Å². The molecule has 2 heterocycles. The fourth-order valence-corrected chi connectivity index (χ4v) is 2.02. The van der Waals surface area contributed by atoms with Gasteiger partial charge in [-0.1, -0.05) is 17.3 Å². The molecule has 0 N–H and O–H groups in total. The summed E-state index contributed by atoms with van der Waals surface area (Å²) < 4.78 is 15.3. The first kappa shape index (κ1) is 16.4. The zero-order valence-electron chi connectivity index (χ0n) is 13.5. The third kappa shape index (κ3) is 4.51. The van der Waals surface area contributed by atoms with E-state index >= 15 is 0 Å². The van der Waals surface area contributed by atoms with Gasteiger partial charge in [0.25, 0.3) is 5.89 Å². The molecule has 3 rings (SSSR count). The quantitative estimate of drug-likeness (QED) is 0.505. The Morgan fingerprint density at radius 1 is 1.28 bits per heavy atom. The lowest BCUT2D eigenvalue weighted by atomic mass is 10.2. The van der Waals surface area contributed by atoms with Crippen LogP contribution in [0.1, 0.15) is 11.5 Å². The van der Waals surface area contributed by atoms with Crippen LogP contribution in [-0.4, -0.2) is 28.2 Å². The number of methoxy groups -OCH3 is 1. The molecule has 126 valence electrons. The summed E-state index contributed by atoms with van der Waals surface area (Å²) in [6.45, 7) is -0.103. The third-order valence-corrected chi connectivity index (χ3v) is 3.23. The molecular weight excluding hydrogens is 322 g/mol. The molecule has 0 aliphatic carbocycles. The van der Waals surface area contributed by atoms with Gasteiger partial charge in [-0.3, -0.25) is 4.98 Å². The van der Waals surface area contributed by atoms with Gasteiger partial charge >= 0.3 is 5.97 Å². The summed E-state index contributed by atoms with van der Waals surface area (Å²) in [6.07, 6.45) is 6.24. The van der Waals surface area contributed by atoms with Crippen LogP contribution in [0, 0.1) is 0 Å². The highest BCUT2D eigenvalue weighted by Crippen LogP contribution is 2.15. The minimum absolute atomic E-state index is 0.103. The molecule has 0 radical (unpaired) electrons. The Kier molecular flexibility index (Phi) is 5.16. The number of ether oxygens (including phenoxy) is 2. The zero-order chi connectivity index (χ0) is 17.5. The van der Waals surface area contributed by atoms with Crippen molar-refractivity contribution in [3.63, 3.8) is 0 Å². The topological polar surface area (TPSA) is 87.3 Å². The smallest absolute Gasteiger partial charge is 0.331 e. The largest absolute Gasteiger partial charge is 0.497 e. The number of aromatic nitrogens is 3. The number of hydrogen-bond acceptors (Lipinski definition) is 7. The Balaban J connectivity index is 1.55. The lowest BCUT2D eigenvalue weighted by molar-refractivity contribution is -0.139. The first-order chi connectivity index (χ1) is 12.2. The zero-order valence-corrected chi connectivity index (χ0v) is 13.5. The summed E-state index contributed by atoms with van der Waals surface area (Å²) in [5.41, 5.74) is 1.55. The van der Waals surface area contributed by atoms with Gasteiger partial charge in [-0.25, -0.2) is 4.79 Å². The predicted molar refractivity (Wildman–Crippen MR) is 89.4 cm³/mol. The molecule has 0 atom stereocenters. The molecule has 25 heavy (non-hydrogen) atoms. The molecular formula is C18H15N3O4. The predicted octanol–water partition coefficient (Wildman–Crippen LogP) is 2.90. The summed E-state index contributed by atoms with van der Waals surface area (Å²) in [6, 6.07) is 10.9. The first-order valence-electron chi connectivity index (χ1n) is 7.46. The van der Waals surface area contributed by atoms with E-state index in [1.807, 2.05) is 30.3 Å². The monoisotopic (exact) mass is 337 g/mol. The maximum Gasteiger partial charge on any atom is 0.331 e. The van der Waals surface area contributed by atoms with Crippen molar-refractivity contribution in [2.75, 3.05) is 7.11 Å². The van der Waals surface area contributed by atoms with Crippen LogP contribution >= 0.6 is 0 Å². The Morgan fingerprint density at radius 3 is 3.00 bits per heavy atom. The van der Waals surface area contributed by atoms with Crippen LogP contribution in [0.25, 0.3) is 17.5 Å². The molecule has 2 aromatic heterocycles. The minimum atomic E-state index is -0.510. The van der Waals surface area contributed by atoms with Crippen molar-refractivity contribution in [2.45, 2.75) is 6.61 Å². The second-order valence-corrected chi connectivity index (χ2v) is 4.97. The van der Waals surface area contributed by atoms with Gasteiger partial charge in [-0.2, -0.15) is 4.98 Å². The average molecular weight is 337 g/mol. The van der Waals surface area contributed by atoms with Gasteiger partial charge in [-0.05, 0) is 35.9 Å². The molecule has 0 unspecified atom stereocenters. The number of nitrogens with zero attached hydrogens (tertiary/aromatic N) is 3. The SMILES string of the molecule is COc1cccc(/C=C/C(=O)OCc2nc(-c3cccnc3)no2)c1. The molecule has 1 aromatic carbocycles. The summed E-state index contributed by atoms with van der Waals surface area (Å²) in [7, 11) is 1.58. The molecule has 3 aromatic rings. The van der Waals surface area contributed by atoms with Crippen LogP contribution in [0.15, 0.2) is 59.4 Å². The molecule has 0 amide bonds. The molecule has 0 spiro atoms. The van der Waals surface area contributed by atoms with Crippen molar-refractivity contribution in [3.05, 3.63) is 66.3 Å². The van der Waals surface area contributed by atoms with Gasteiger partial charge in [0.15, 0.2) is 6.61 Å². The Bertz CT molecular complexity index is 875. The number of hydrogen-bond donors (Lipinski definition) is 0. The van der Waals surface area contributed by atoms with Gasteiger partial charge in [0.1, 0.15) is 5.75 Å². The first-order valence-corrected chi connectivity index (χ1v) is 7.46. The Morgan fingerprint density at radius 2 is 2.20 bits per heavy atom. The van der Waals surface area contributed by atoms with E-state index in [0.29, 0.717) is 11.6 Å². The van der Waals surface area contributed by atoms with Gasteiger partial charge in [0, 0.05) is 24.0 Å². The maximum absolute atomic E-state index is 11.8. The molecule has 7 heteroatoms. The standard InChI is InChI=1S/C18H15N3O4/c1-23-15-6-2-4-13(10-15)7-8-17(22)24-12-16-20-18(21-25-16)14-5-3-9-19-11-14/h2-11H,12H2,1H3/b8-7+. The van der Waals surface area contributed by atoms with E-state index < -0.39 is 5.97 Å². The fourth-order valence-electron chi connectivity index (χ4n) is 2.02. The summed E-state index contributed by atoms with van der Waals surface area (Å²) in [5.74, 6) is 0.807. The third-order valence-electron chi connectivity index (χ3n) is 3.23. The number of pyridine rings is 1. The van der Waals surface area contributed by atoms with Crippen molar-refractivity contribution in [1.82, 2.24) is 15.1 Å². The second-order valence-electron chi connectivity index (χ2n) is 4.97. The fraction of sp³-hybridized carbons (Fsp3) is 0.111. The van der Waals surface area contributed by atoms with Gasteiger partial charge < -0.3 is 14.0 Å². The van der Waals surface area contributed by atoms with Crippen LogP contribution in [0.3, 0.4) is 0 Å². The average Bonchev–Trinajstić information content (AvgIpc) is 3.15. The number of rotatable bonds is 6. The second kappa shape index (κ2) is 7.87. The molecule has 0 aliphatic heterocycles. The highest BCUT2D eigenvalue weighted by atomic mass is 16.6. The van der Waals surface area contributed by atoms with E-state index in [4.69, 9.17) is 14.0 Å². The molecule has 0 saturated heterocycles. The lowest BCUT2D eigenvalue weighted by Crippen LogP contribution is -2.01. The van der Waals surface area contributed by atoms with Crippen molar-refractivity contribution < 1.29 is 18.8 Å². The van der Waals surface area contributed by atoms with E-state index in [1.54, 1.807) is 31.6 Å². The molecule has 7 nitrogen and oxygen atoms in total. The normalized spacial score (nSPS) is 10.8.